The fourth-order valence-electron chi connectivity index (χ4n) is 4.82. The molecule has 3 aromatic carbocycles. The summed E-state index contributed by atoms with van der Waals surface area (Å²) in [6.45, 7) is 9.10. The Morgan fingerprint density at radius 2 is 1.36 bits per heavy atom. The maximum absolute atomic E-state index is 3.65. The smallest absolute Gasteiger partial charge is 0.0846 e. The number of para-hydroxylation sites is 2. The van der Waals surface area contributed by atoms with Crippen LogP contribution in [0.1, 0.15) is 44.7 Å². The van der Waals surface area contributed by atoms with Crippen molar-refractivity contribution >= 4 is 23.1 Å². The van der Waals surface area contributed by atoms with Gasteiger partial charge in [0.25, 0.3) is 11.4 Å². The molecule has 138 valence electrons. The van der Waals surface area contributed by atoms with Gasteiger partial charge in [-0.05, 0) is 41.0 Å². The minimum Gasteiger partial charge on any atom is -0.0846 e. The molecule has 2 aliphatic rings. The molecule has 3 aromatic rings. The van der Waals surface area contributed by atoms with Crippen LogP contribution >= 0.6 is 0 Å². The molecule has 0 radical (unpaired) electrons. The Labute approximate surface area is 167 Å². The van der Waals surface area contributed by atoms with Gasteiger partial charge in [0, 0.05) is 29.7 Å². The largest absolute Gasteiger partial charge is 0.496 e. The summed E-state index contributed by atoms with van der Waals surface area (Å²) in [5.74, 6) is 0.937. The van der Waals surface area contributed by atoms with E-state index in [1.165, 1.54) is 39.3 Å². The van der Waals surface area contributed by atoms with Crippen LogP contribution in [0.4, 0.5) is 17.1 Å². The fraction of sp³-hybridized carbons (Fsp3) is 0.269. The van der Waals surface area contributed by atoms with E-state index in [1.807, 2.05) is 0 Å². The predicted molar refractivity (Wildman–Crippen MR) is 117 cm³/mol. The first-order chi connectivity index (χ1) is 13.6. The molecule has 0 saturated heterocycles. The van der Waals surface area contributed by atoms with E-state index in [4.69, 9.17) is 0 Å². The topological polar surface area (TPSA) is 6.02 Å². The van der Waals surface area contributed by atoms with Crippen LogP contribution < -0.4 is 4.58 Å². The van der Waals surface area contributed by atoms with Crippen LogP contribution in [0, 0.1) is 5.92 Å². The average molecular weight is 367 g/mol. The Hall–Kier alpha value is -2.96. The van der Waals surface area contributed by atoms with E-state index in [1.54, 1.807) is 0 Å². The number of hydrogen-bond donors (Lipinski definition) is 0. The van der Waals surface area contributed by atoms with Crippen LogP contribution in [0.25, 0.3) is 11.1 Å². The van der Waals surface area contributed by atoms with Crippen LogP contribution in [0.2, 0.25) is 0 Å². The molecule has 2 heteroatoms. The molecular formula is C26H26N2+2. The average Bonchev–Trinajstić information content (AvgIpc) is 3.24. The molecule has 1 aliphatic carbocycles. The van der Waals surface area contributed by atoms with Crippen LogP contribution in [0.15, 0.2) is 66.7 Å². The highest BCUT2D eigenvalue weighted by Gasteiger charge is 2.41. The predicted octanol–water partition coefficient (Wildman–Crippen LogP) is 6.53. The molecule has 0 bridgehead atoms. The van der Waals surface area contributed by atoms with E-state index >= 15 is 0 Å². The molecule has 0 spiro atoms. The molecule has 1 unspecified atom stereocenters. The normalized spacial score (nSPS) is 16.7. The molecule has 0 aromatic heterocycles. The molecule has 0 fully saturated rings. The van der Waals surface area contributed by atoms with Crippen molar-refractivity contribution in [3.8, 4) is 11.1 Å². The van der Waals surface area contributed by atoms with Crippen molar-refractivity contribution in [2.45, 2.75) is 39.7 Å². The van der Waals surface area contributed by atoms with Crippen LogP contribution in [0.5, 0.6) is 0 Å². The molecule has 0 N–H and O–H groups in total. The van der Waals surface area contributed by atoms with Crippen molar-refractivity contribution in [3.05, 3.63) is 77.9 Å². The number of hydrogen-bond acceptors (Lipinski definition) is 0. The third-order valence-electron chi connectivity index (χ3n) is 5.99. The summed E-state index contributed by atoms with van der Waals surface area (Å²) >= 11 is 0. The summed E-state index contributed by atoms with van der Waals surface area (Å²) in [6.07, 6.45) is 0. The van der Waals surface area contributed by atoms with Crippen molar-refractivity contribution in [3.63, 3.8) is 0 Å². The van der Waals surface area contributed by atoms with Gasteiger partial charge in [-0.15, -0.1) is 0 Å². The summed E-state index contributed by atoms with van der Waals surface area (Å²) in [4.78, 5) is 0. The number of fused-ring (bicyclic) bond motifs is 4. The van der Waals surface area contributed by atoms with E-state index in [2.05, 4.69) is 110 Å². The van der Waals surface area contributed by atoms with Gasteiger partial charge < -0.3 is 0 Å². The zero-order chi connectivity index (χ0) is 19.4. The Balaban J connectivity index is 1.81. The fourth-order valence-corrected chi connectivity index (χ4v) is 4.82. The minimum absolute atomic E-state index is 0.362. The number of rotatable bonds is 3. The molecule has 2 nitrogen and oxygen atoms in total. The summed E-state index contributed by atoms with van der Waals surface area (Å²) in [6, 6.07) is 28.3. The maximum Gasteiger partial charge on any atom is 0.496 e. The van der Waals surface area contributed by atoms with Gasteiger partial charge in [-0.1, -0.05) is 67.0 Å². The minimum atomic E-state index is 0.362. The maximum atomic E-state index is 3.65. The highest BCUT2D eigenvalue weighted by atomic mass is 15.2. The van der Waals surface area contributed by atoms with Crippen molar-refractivity contribution in [1.29, 1.82) is 0 Å². The summed E-state index contributed by atoms with van der Waals surface area (Å²) in [5.41, 5.74) is 9.33. The molecule has 5 rings (SSSR count). The third-order valence-corrected chi connectivity index (χ3v) is 5.99. The van der Waals surface area contributed by atoms with Crippen LogP contribution in [-0.4, -0.2) is 16.6 Å². The molecular weight excluding hydrogens is 340 g/mol. The monoisotopic (exact) mass is 366 g/mol. The summed E-state index contributed by atoms with van der Waals surface area (Å²) < 4.78 is 4.52. The zero-order valence-corrected chi connectivity index (χ0v) is 17.0. The first kappa shape index (κ1) is 17.2. The first-order valence-electron chi connectivity index (χ1n) is 10.2. The summed E-state index contributed by atoms with van der Waals surface area (Å²) in [7, 11) is 0. The number of benzene rings is 3. The van der Waals surface area contributed by atoms with E-state index in [-0.39, 0.29) is 0 Å². The number of nitrogens with zero attached hydrogens (tertiary/aromatic N) is 2. The Bertz CT molecular complexity index is 1160. The second-order valence-corrected chi connectivity index (χ2v) is 8.44. The van der Waals surface area contributed by atoms with Crippen molar-refractivity contribution in [2.24, 2.45) is 5.92 Å². The van der Waals surface area contributed by atoms with Gasteiger partial charge in [0.15, 0.2) is 6.04 Å². The Morgan fingerprint density at radius 1 is 0.714 bits per heavy atom. The second-order valence-electron chi connectivity index (χ2n) is 8.44. The van der Waals surface area contributed by atoms with Crippen molar-refractivity contribution in [1.82, 2.24) is 4.58 Å². The standard InChI is InChI=1S/C26H26N2/c1-17(2)25-20-11-6-5-10-19(20)21-12-9-15-24(26(21)25)28-16-27(18(3)4)22-13-7-8-14-23(22)28/h5-15,17-18,25H,1-4H3/q+2. The molecule has 1 aliphatic heterocycles. The van der Waals surface area contributed by atoms with Crippen molar-refractivity contribution in [2.75, 3.05) is 0 Å². The summed E-state index contributed by atoms with van der Waals surface area (Å²) in [5, 5.41) is 0. The van der Waals surface area contributed by atoms with Gasteiger partial charge in [-0.3, -0.25) is 0 Å². The van der Waals surface area contributed by atoms with Gasteiger partial charge in [0.05, 0.1) is 0 Å². The quantitative estimate of drug-likeness (QED) is 0.465. The lowest BCUT2D eigenvalue weighted by molar-refractivity contribution is -0.466. The molecule has 0 saturated carbocycles. The van der Waals surface area contributed by atoms with Gasteiger partial charge >= 0.3 is 6.01 Å². The van der Waals surface area contributed by atoms with E-state index in [9.17, 15) is 0 Å². The second kappa shape index (κ2) is 6.29. The van der Waals surface area contributed by atoms with E-state index in [0.717, 1.165) is 0 Å². The molecule has 1 atom stereocenters. The SMILES string of the molecule is CC(C)C1c2ccccc2-c2cccc([N+]3=C=[N+](C(C)C)c4ccccc43)c21. The van der Waals surface area contributed by atoms with Gasteiger partial charge in [0.2, 0.25) is 5.69 Å². The van der Waals surface area contributed by atoms with Crippen LogP contribution in [0.3, 0.4) is 0 Å². The molecule has 0 amide bonds. The van der Waals surface area contributed by atoms with Crippen molar-refractivity contribution < 1.29 is 4.58 Å². The lowest BCUT2D eigenvalue weighted by atomic mass is 9.85. The van der Waals surface area contributed by atoms with Gasteiger partial charge in [0.1, 0.15) is 0 Å². The zero-order valence-electron chi connectivity index (χ0n) is 17.0. The highest BCUT2D eigenvalue weighted by Crippen LogP contribution is 2.52. The third kappa shape index (κ3) is 2.35. The Morgan fingerprint density at radius 3 is 2.11 bits per heavy atom. The lowest BCUT2D eigenvalue weighted by Gasteiger charge is -2.17. The molecule has 28 heavy (non-hydrogen) atoms. The Kier molecular flexibility index (Phi) is 3.86. The van der Waals surface area contributed by atoms with E-state index < -0.39 is 0 Å². The van der Waals surface area contributed by atoms with Crippen LogP contribution in [-0.2, 0) is 0 Å². The lowest BCUT2D eigenvalue weighted by Crippen LogP contribution is -2.13. The van der Waals surface area contributed by atoms with Gasteiger partial charge in [-0.2, -0.15) is 0 Å². The highest BCUT2D eigenvalue weighted by molar-refractivity contribution is 5.86. The van der Waals surface area contributed by atoms with Gasteiger partial charge in [-0.25, -0.2) is 0 Å². The first-order valence-corrected chi connectivity index (χ1v) is 10.2. The van der Waals surface area contributed by atoms with E-state index in [0.29, 0.717) is 17.9 Å². The molecule has 1 heterocycles.